The van der Waals surface area contributed by atoms with Gasteiger partial charge in [-0.05, 0) is 29.1 Å². The van der Waals surface area contributed by atoms with E-state index in [4.69, 9.17) is 11.5 Å². The summed E-state index contributed by atoms with van der Waals surface area (Å²) < 4.78 is 15.3. The van der Waals surface area contributed by atoms with Gasteiger partial charge in [0.15, 0.2) is 0 Å². The van der Waals surface area contributed by atoms with Crippen molar-refractivity contribution in [3.05, 3.63) is 93.3 Å². The molecule has 0 aliphatic heterocycles. The number of allylic oxidation sites excluding steroid dienone is 1. The highest BCUT2D eigenvalue weighted by molar-refractivity contribution is 6.33. The summed E-state index contributed by atoms with van der Waals surface area (Å²) >= 11 is 0. The highest BCUT2D eigenvalue weighted by Crippen LogP contribution is 2.30. The quantitative estimate of drug-likeness (QED) is 0.431. The zero-order valence-corrected chi connectivity index (χ0v) is 17.2. The summed E-state index contributed by atoms with van der Waals surface area (Å²) in [7, 11) is 1.51. The lowest BCUT2D eigenvalue weighted by Crippen LogP contribution is -2.14. The topological polar surface area (TPSA) is 134 Å². The number of nitrogens with one attached hydrogen (secondary N) is 1. The van der Waals surface area contributed by atoms with Crippen LogP contribution in [0.25, 0.3) is 27.1 Å². The number of halogens is 1. The Bertz CT molecular complexity index is 1530. The van der Waals surface area contributed by atoms with Crippen molar-refractivity contribution < 1.29 is 4.39 Å². The fourth-order valence-corrected chi connectivity index (χ4v) is 3.88. The molecule has 0 atom stereocenters. The number of rotatable bonds is 4. The van der Waals surface area contributed by atoms with E-state index in [1.807, 2.05) is 0 Å². The first-order valence-corrected chi connectivity index (χ1v) is 9.76. The Morgan fingerprint density at radius 3 is 2.69 bits per heavy atom. The van der Waals surface area contributed by atoms with Crippen LogP contribution in [0.1, 0.15) is 22.4 Å². The van der Waals surface area contributed by atoms with Crippen LogP contribution in [0.15, 0.2) is 64.5 Å². The highest BCUT2D eigenvalue weighted by atomic mass is 19.1. The SMILES string of the molecule is CN=C(/C(=C\N)c1ccc2c(=O)[nH]nc(CN)c2c1)c1c(F)cc2ccccc2c1C#N. The summed E-state index contributed by atoms with van der Waals surface area (Å²) in [5.74, 6) is -0.582. The van der Waals surface area contributed by atoms with Crippen LogP contribution in [0.2, 0.25) is 0 Å². The Kier molecular flexibility index (Phi) is 5.50. The van der Waals surface area contributed by atoms with Crippen LogP contribution >= 0.6 is 0 Å². The van der Waals surface area contributed by atoms with Crippen molar-refractivity contribution >= 4 is 32.8 Å². The van der Waals surface area contributed by atoms with Crippen molar-refractivity contribution in [2.75, 3.05) is 7.05 Å². The zero-order valence-electron chi connectivity index (χ0n) is 17.2. The van der Waals surface area contributed by atoms with Crippen LogP contribution in [0.3, 0.4) is 0 Å². The molecule has 1 aromatic heterocycles. The van der Waals surface area contributed by atoms with E-state index in [1.54, 1.807) is 42.5 Å². The molecule has 0 saturated carbocycles. The van der Waals surface area contributed by atoms with Gasteiger partial charge in [-0.1, -0.05) is 30.3 Å². The number of benzene rings is 3. The van der Waals surface area contributed by atoms with Crippen molar-refractivity contribution in [1.29, 1.82) is 5.26 Å². The van der Waals surface area contributed by atoms with E-state index < -0.39 is 5.82 Å². The maximum Gasteiger partial charge on any atom is 0.272 e. The molecule has 0 aliphatic carbocycles. The molecule has 0 bridgehead atoms. The van der Waals surface area contributed by atoms with E-state index in [9.17, 15) is 10.1 Å². The molecule has 0 amide bonds. The number of nitrogens with two attached hydrogens (primary N) is 2. The second kappa shape index (κ2) is 8.41. The van der Waals surface area contributed by atoms with Gasteiger partial charge in [-0.2, -0.15) is 10.4 Å². The third kappa shape index (κ3) is 3.31. The Labute approximate surface area is 182 Å². The van der Waals surface area contributed by atoms with E-state index >= 15 is 4.39 Å². The smallest absolute Gasteiger partial charge is 0.272 e. The fraction of sp³-hybridized carbons (Fsp3) is 0.0833. The molecule has 8 heteroatoms. The van der Waals surface area contributed by atoms with E-state index in [0.29, 0.717) is 38.4 Å². The van der Waals surface area contributed by atoms with E-state index in [1.165, 1.54) is 19.3 Å². The molecule has 0 aliphatic rings. The summed E-state index contributed by atoms with van der Waals surface area (Å²) in [6.45, 7) is 0.116. The van der Waals surface area contributed by atoms with E-state index in [0.717, 1.165) is 0 Å². The van der Waals surface area contributed by atoms with Crippen molar-refractivity contribution in [3.8, 4) is 6.07 Å². The summed E-state index contributed by atoms with van der Waals surface area (Å²) in [4.78, 5) is 16.4. The van der Waals surface area contributed by atoms with Gasteiger partial charge in [0.1, 0.15) is 11.9 Å². The maximum absolute atomic E-state index is 15.3. The minimum atomic E-state index is -0.582. The zero-order chi connectivity index (χ0) is 22.8. The Hall–Kier alpha value is -4.35. The number of H-pyrrole nitrogens is 1. The first-order chi connectivity index (χ1) is 15.5. The van der Waals surface area contributed by atoms with Gasteiger partial charge in [-0.25, -0.2) is 9.49 Å². The van der Waals surface area contributed by atoms with Crippen LogP contribution in [-0.2, 0) is 6.54 Å². The number of fused-ring (bicyclic) bond motifs is 2. The number of aliphatic imine (C=N–C) groups is 1. The molecule has 5 N–H and O–H groups in total. The predicted octanol–water partition coefficient (Wildman–Crippen LogP) is 2.96. The predicted molar refractivity (Wildman–Crippen MR) is 124 cm³/mol. The summed E-state index contributed by atoms with van der Waals surface area (Å²) in [6.07, 6.45) is 1.31. The normalized spacial score (nSPS) is 12.3. The second-order valence-electron chi connectivity index (χ2n) is 7.06. The van der Waals surface area contributed by atoms with Crippen LogP contribution in [-0.4, -0.2) is 23.0 Å². The molecule has 1 heterocycles. The number of hydrogen-bond donors (Lipinski definition) is 3. The second-order valence-corrected chi connectivity index (χ2v) is 7.06. The Balaban J connectivity index is 1.97. The van der Waals surface area contributed by atoms with Gasteiger partial charge in [0.05, 0.1) is 27.9 Å². The van der Waals surface area contributed by atoms with Gasteiger partial charge >= 0.3 is 0 Å². The Morgan fingerprint density at radius 2 is 2.00 bits per heavy atom. The molecule has 158 valence electrons. The standard InChI is InChI=1S/C24H19FN6O/c1-29-23(22-19(11-27)15-5-3-2-4-13(15)9-20(22)25)18(10-26)14-6-7-16-17(8-14)21(12-28)30-31-24(16)32/h2-10H,12,26,28H2,1H3,(H,31,32)/b18-10-,29-23?. The molecular weight excluding hydrogens is 407 g/mol. The molecular formula is C24H19FN6O. The number of nitriles is 1. The minimum absolute atomic E-state index is 0.0635. The highest BCUT2D eigenvalue weighted by Gasteiger charge is 2.22. The van der Waals surface area contributed by atoms with Crippen LogP contribution in [0.5, 0.6) is 0 Å². The lowest BCUT2D eigenvalue weighted by molar-refractivity contribution is 0.627. The first kappa shape index (κ1) is 20.9. The third-order valence-corrected chi connectivity index (χ3v) is 5.37. The summed E-state index contributed by atoms with van der Waals surface area (Å²) in [5, 5.41) is 18.5. The molecule has 0 radical (unpaired) electrons. The molecule has 0 fully saturated rings. The monoisotopic (exact) mass is 426 g/mol. The lowest BCUT2D eigenvalue weighted by Gasteiger charge is -2.15. The fourth-order valence-electron chi connectivity index (χ4n) is 3.88. The van der Waals surface area contributed by atoms with Gasteiger partial charge in [0.25, 0.3) is 5.56 Å². The number of aromatic amines is 1. The number of hydrogen-bond acceptors (Lipinski definition) is 6. The summed E-state index contributed by atoms with van der Waals surface area (Å²) in [5.41, 5.74) is 13.3. The molecule has 0 spiro atoms. The number of nitrogens with zero attached hydrogens (tertiary/aromatic N) is 3. The molecule has 32 heavy (non-hydrogen) atoms. The maximum atomic E-state index is 15.3. The summed E-state index contributed by atoms with van der Waals surface area (Å²) in [6, 6.07) is 15.6. The largest absolute Gasteiger partial charge is 0.404 e. The van der Waals surface area contributed by atoms with Gasteiger partial charge in [-0.3, -0.25) is 9.79 Å². The Morgan fingerprint density at radius 1 is 1.22 bits per heavy atom. The first-order valence-electron chi connectivity index (χ1n) is 9.76. The molecule has 4 aromatic rings. The van der Waals surface area contributed by atoms with Crippen molar-refractivity contribution in [1.82, 2.24) is 10.2 Å². The van der Waals surface area contributed by atoms with Crippen molar-refractivity contribution in [3.63, 3.8) is 0 Å². The molecule has 0 unspecified atom stereocenters. The molecule has 7 nitrogen and oxygen atoms in total. The molecule has 3 aromatic carbocycles. The molecule has 0 saturated heterocycles. The van der Waals surface area contributed by atoms with Gasteiger partial charge < -0.3 is 11.5 Å². The molecule has 4 rings (SSSR count). The lowest BCUT2D eigenvalue weighted by atomic mass is 9.89. The van der Waals surface area contributed by atoms with Crippen LogP contribution in [0.4, 0.5) is 4.39 Å². The average Bonchev–Trinajstić information content (AvgIpc) is 2.82. The van der Waals surface area contributed by atoms with Crippen molar-refractivity contribution in [2.45, 2.75) is 6.54 Å². The minimum Gasteiger partial charge on any atom is -0.404 e. The van der Waals surface area contributed by atoms with Gasteiger partial charge in [-0.15, -0.1) is 0 Å². The number of aromatic nitrogens is 2. The third-order valence-electron chi connectivity index (χ3n) is 5.37. The van der Waals surface area contributed by atoms with Gasteiger partial charge in [0.2, 0.25) is 0 Å². The van der Waals surface area contributed by atoms with Crippen molar-refractivity contribution in [2.24, 2.45) is 16.5 Å². The van der Waals surface area contributed by atoms with E-state index in [-0.39, 0.29) is 28.9 Å². The van der Waals surface area contributed by atoms with Gasteiger partial charge in [0, 0.05) is 36.1 Å². The average molecular weight is 426 g/mol. The van der Waals surface area contributed by atoms with E-state index in [2.05, 4.69) is 21.3 Å². The van der Waals surface area contributed by atoms with Crippen LogP contribution < -0.4 is 17.0 Å². The van der Waals surface area contributed by atoms with Crippen LogP contribution in [0, 0.1) is 17.1 Å².